The lowest BCUT2D eigenvalue weighted by atomic mass is 9.96. The third-order valence-electron chi connectivity index (χ3n) is 5.16. The Labute approximate surface area is 162 Å². The van der Waals surface area contributed by atoms with Crippen LogP contribution in [0.15, 0.2) is 29.2 Å². The summed E-state index contributed by atoms with van der Waals surface area (Å²) in [6, 6.07) is 6.15. The first kappa shape index (κ1) is 21.6. The van der Waals surface area contributed by atoms with Crippen molar-refractivity contribution >= 4 is 21.7 Å². The molecule has 0 radical (unpaired) electrons. The molecule has 1 amide bonds. The monoisotopic (exact) mass is 394 g/mol. The fourth-order valence-corrected chi connectivity index (χ4v) is 4.92. The van der Waals surface area contributed by atoms with Gasteiger partial charge in [-0.1, -0.05) is 25.5 Å². The average molecular weight is 395 g/mol. The summed E-state index contributed by atoms with van der Waals surface area (Å²) in [5, 5.41) is 0. The van der Waals surface area contributed by atoms with Gasteiger partial charge in [-0.2, -0.15) is 4.31 Å². The second kappa shape index (κ2) is 9.46. The van der Waals surface area contributed by atoms with E-state index >= 15 is 0 Å². The molecule has 0 saturated carbocycles. The normalized spacial score (nSPS) is 16.3. The van der Waals surface area contributed by atoms with Crippen molar-refractivity contribution in [1.29, 1.82) is 0 Å². The predicted octanol–water partition coefficient (Wildman–Crippen LogP) is 2.94. The number of nitrogens with zero attached hydrogens (tertiary/aromatic N) is 2. The molecule has 1 fully saturated rings. The van der Waals surface area contributed by atoms with Crippen molar-refractivity contribution in [3.05, 3.63) is 29.8 Å². The number of benzene rings is 1. The van der Waals surface area contributed by atoms with E-state index in [4.69, 9.17) is 0 Å². The number of Topliss-reactive ketones (excluding diaryl/α,β-unsaturated/α-hetero) is 1. The van der Waals surface area contributed by atoms with Crippen molar-refractivity contribution in [2.24, 2.45) is 5.92 Å². The van der Waals surface area contributed by atoms with Crippen LogP contribution in [0, 0.1) is 5.92 Å². The maximum atomic E-state index is 12.9. The van der Waals surface area contributed by atoms with Crippen LogP contribution in [-0.4, -0.2) is 55.5 Å². The van der Waals surface area contributed by atoms with Crippen LogP contribution in [-0.2, 0) is 14.8 Å². The zero-order valence-corrected chi connectivity index (χ0v) is 17.3. The number of rotatable bonds is 8. The van der Waals surface area contributed by atoms with E-state index in [1.807, 2.05) is 11.8 Å². The SMILES string of the molecule is CCCCN(CC)C(=O)C1CCN(S(=O)(=O)c2cccc(C(C)=O)c2)CC1. The fraction of sp³-hybridized carbons (Fsp3) is 0.600. The highest BCUT2D eigenvalue weighted by Gasteiger charge is 2.33. The van der Waals surface area contributed by atoms with Gasteiger partial charge in [-0.05, 0) is 45.2 Å². The van der Waals surface area contributed by atoms with Gasteiger partial charge < -0.3 is 4.90 Å². The molecule has 0 atom stereocenters. The van der Waals surface area contributed by atoms with Crippen molar-refractivity contribution in [2.45, 2.75) is 51.3 Å². The number of piperidine rings is 1. The number of hydrogen-bond donors (Lipinski definition) is 0. The van der Waals surface area contributed by atoms with Gasteiger partial charge in [0, 0.05) is 37.7 Å². The summed E-state index contributed by atoms with van der Waals surface area (Å²) < 4.78 is 27.2. The van der Waals surface area contributed by atoms with Crippen LogP contribution < -0.4 is 0 Å². The van der Waals surface area contributed by atoms with Crippen LogP contribution in [0.5, 0.6) is 0 Å². The lowest BCUT2D eigenvalue weighted by Gasteiger charge is -2.33. The summed E-state index contributed by atoms with van der Waals surface area (Å²) in [7, 11) is -3.65. The Hall–Kier alpha value is -1.73. The standard InChI is InChI=1S/C20H30N2O4S/c1-4-6-12-21(5-2)20(24)17-10-13-22(14-11-17)27(25,26)19-9-7-8-18(15-19)16(3)23/h7-9,15,17H,4-6,10-14H2,1-3H3. The molecular weight excluding hydrogens is 364 g/mol. The number of ketones is 1. The highest BCUT2D eigenvalue weighted by molar-refractivity contribution is 7.89. The van der Waals surface area contributed by atoms with Gasteiger partial charge in [-0.15, -0.1) is 0 Å². The van der Waals surface area contributed by atoms with Crippen molar-refractivity contribution in [3.8, 4) is 0 Å². The highest BCUT2D eigenvalue weighted by atomic mass is 32.2. The largest absolute Gasteiger partial charge is 0.343 e. The molecule has 0 unspecified atom stereocenters. The molecule has 1 aromatic carbocycles. The zero-order valence-electron chi connectivity index (χ0n) is 16.5. The minimum absolute atomic E-state index is 0.114. The van der Waals surface area contributed by atoms with Crippen LogP contribution in [0.4, 0.5) is 0 Å². The lowest BCUT2D eigenvalue weighted by Crippen LogP contribution is -2.44. The van der Waals surface area contributed by atoms with Crippen molar-refractivity contribution in [3.63, 3.8) is 0 Å². The molecule has 2 rings (SSSR count). The Bertz CT molecular complexity index is 768. The van der Waals surface area contributed by atoms with Gasteiger partial charge in [0.1, 0.15) is 0 Å². The van der Waals surface area contributed by atoms with Crippen molar-refractivity contribution in [2.75, 3.05) is 26.2 Å². The third kappa shape index (κ3) is 5.17. The second-order valence-corrected chi connectivity index (χ2v) is 8.97. The molecule has 6 nitrogen and oxygen atoms in total. The van der Waals surface area contributed by atoms with Gasteiger partial charge >= 0.3 is 0 Å². The first-order valence-corrected chi connectivity index (χ1v) is 11.1. The first-order valence-electron chi connectivity index (χ1n) is 9.71. The molecule has 7 heteroatoms. The van der Waals surface area contributed by atoms with Crippen molar-refractivity contribution in [1.82, 2.24) is 9.21 Å². The van der Waals surface area contributed by atoms with Gasteiger partial charge in [0.2, 0.25) is 15.9 Å². The molecule has 0 bridgehead atoms. The summed E-state index contributed by atoms with van der Waals surface area (Å²) in [5.74, 6) is -0.138. The summed E-state index contributed by atoms with van der Waals surface area (Å²) >= 11 is 0. The Morgan fingerprint density at radius 3 is 2.41 bits per heavy atom. The molecule has 27 heavy (non-hydrogen) atoms. The van der Waals surface area contributed by atoms with E-state index < -0.39 is 10.0 Å². The molecule has 150 valence electrons. The van der Waals surface area contributed by atoms with E-state index in [1.54, 1.807) is 12.1 Å². The molecule has 0 aromatic heterocycles. The first-order chi connectivity index (χ1) is 12.8. The topological polar surface area (TPSA) is 74.8 Å². The summed E-state index contributed by atoms with van der Waals surface area (Å²) in [4.78, 5) is 26.3. The van der Waals surface area contributed by atoms with E-state index in [9.17, 15) is 18.0 Å². The Morgan fingerprint density at radius 1 is 1.19 bits per heavy atom. The van der Waals surface area contributed by atoms with E-state index in [0.717, 1.165) is 19.4 Å². The molecule has 0 N–H and O–H groups in total. The lowest BCUT2D eigenvalue weighted by molar-refractivity contribution is -0.136. The number of unbranched alkanes of at least 4 members (excludes halogenated alkanes) is 1. The molecule has 1 aromatic rings. The van der Waals surface area contributed by atoms with Gasteiger partial charge in [-0.3, -0.25) is 9.59 Å². The highest BCUT2D eigenvalue weighted by Crippen LogP contribution is 2.25. The van der Waals surface area contributed by atoms with Gasteiger partial charge in [0.15, 0.2) is 5.78 Å². The predicted molar refractivity (Wildman–Crippen MR) is 105 cm³/mol. The summed E-state index contributed by atoms with van der Waals surface area (Å²) in [5.41, 5.74) is 0.385. The maximum Gasteiger partial charge on any atom is 0.243 e. The van der Waals surface area contributed by atoms with Crippen LogP contribution in [0.1, 0.15) is 56.8 Å². The maximum absolute atomic E-state index is 12.9. The minimum atomic E-state index is -3.65. The number of sulfonamides is 1. The fourth-order valence-electron chi connectivity index (χ4n) is 3.40. The molecule has 0 aliphatic carbocycles. The molecule has 1 aliphatic heterocycles. The summed E-state index contributed by atoms with van der Waals surface area (Å²) in [6.07, 6.45) is 3.10. The smallest absolute Gasteiger partial charge is 0.243 e. The summed E-state index contributed by atoms with van der Waals surface area (Å²) in [6.45, 7) is 7.61. The molecule has 1 heterocycles. The Kier molecular flexibility index (Phi) is 7.56. The van der Waals surface area contributed by atoms with Gasteiger partial charge in [0.05, 0.1) is 4.90 Å². The van der Waals surface area contributed by atoms with E-state index in [0.29, 0.717) is 38.0 Å². The second-order valence-electron chi connectivity index (χ2n) is 7.03. The van der Waals surface area contributed by atoms with E-state index in [1.165, 1.54) is 23.4 Å². The Morgan fingerprint density at radius 2 is 1.85 bits per heavy atom. The van der Waals surface area contributed by atoms with Crippen LogP contribution in [0.25, 0.3) is 0 Å². The van der Waals surface area contributed by atoms with E-state index in [2.05, 4.69) is 6.92 Å². The molecule has 0 spiro atoms. The number of hydrogen-bond acceptors (Lipinski definition) is 4. The molecular formula is C20H30N2O4S. The van der Waals surface area contributed by atoms with E-state index in [-0.39, 0.29) is 22.5 Å². The molecule has 1 saturated heterocycles. The third-order valence-corrected chi connectivity index (χ3v) is 7.05. The minimum Gasteiger partial charge on any atom is -0.343 e. The van der Waals surface area contributed by atoms with Crippen LogP contribution >= 0.6 is 0 Å². The van der Waals surface area contributed by atoms with Crippen molar-refractivity contribution < 1.29 is 18.0 Å². The number of carbonyl (C=O) groups excluding carboxylic acids is 2. The zero-order chi connectivity index (χ0) is 20.0. The van der Waals surface area contributed by atoms with Gasteiger partial charge in [0.25, 0.3) is 0 Å². The molecule has 1 aliphatic rings. The number of amides is 1. The quantitative estimate of drug-likeness (QED) is 0.636. The Balaban J connectivity index is 2.05. The van der Waals surface area contributed by atoms with Crippen LogP contribution in [0.2, 0.25) is 0 Å². The van der Waals surface area contributed by atoms with Gasteiger partial charge in [-0.25, -0.2) is 8.42 Å². The van der Waals surface area contributed by atoms with Crippen LogP contribution in [0.3, 0.4) is 0 Å². The number of carbonyl (C=O) groups is 2. The average Bonchev–Trinajstić information content (AvgIpc) is 2.68.